The number of hydrogen-bond acceptors (Lipinski definition) is 10. The van der Waals surface area contributed by atoms with E-state index in [4.69, 9.17) is 4.74 Å². The van der Waals surface area contributed by atoms with Crippen LogP contribution in [0, 0.1) is 6.92 Å². The molecule has 1 aliphatic rings. The highest BCUT2D eigenvalue weighted by atomic mass is 19.3. The Bertz CT molecular complexity index is 1500. The van der Waals surface area contributed by atoms with Crippen molar-refractivity contribution in [1.82, 2.24) is 34.6 Å². The summed E-state index contributed by atoms with van der Waals surface area (Å²) >= 11 is 0. The number of anilines is 4. The molecule has 3 N–H and O–H groups in total. The number of amides is 1. The number of ether oxygens (including phenoxy) is 1. The van der Waals surface area contributed by atoms with E-state index in [9.17, 15) is 13.6 Å². The quantitative estimate of drug-likeness (QED) is 0.262. The topological polar surface area (TPSA) is 135 Å². The maximum Gasteiger partial charge on any atom is 0.286 e. The Morgan fingerprint density at radius 1 is 1.05 bits per heavy atom. The van der Waals surface area contributed by atoms with Crippen molar-refractivity contribution in [1.29, 1.82) is 0 Å². The molecule has 3 aromatic heterocycles. The molecule has 1 aliphatic heterocycles. The molecule has 0 radical (unpaired) electrons. The van der Waals surface area contributed by atoms with Gasteiger partial charge in [-0.25, -0.2) is 9.97 Å². The summed E-state index contributed by atoms with van der Waals surface area (Å²) in [5.74, 6) is -2.12. The Morgan fingerprint density at radius 2 is 1.88 bits per heavy atom. The molecule has 4 aromatic rings. The van der Waals surface area contributed by atoms with Crippen molar-refractivity contribution in [3.8, 4) is 5.82 Å². The maximum atomic E-state index is 13.7. The van der Waals surface area contributed by atoms with Crippen LogP contribution < -0.4 is 16.0 Å². The molecule has 4 heterocycles. The highest BCUT2D eigenvalue weighted by molar-refractivity contribution is 6.04. The van der Waals surface area contributed by atoms with Crippen molar-refractivity contribution in [3.05, 3.63) is 72.1 Å². The summed E-state index contributed by atoms with van der Waals surface area (Å²) < 4.78 is 34.3. The van der Waals surface area contributed by atoms with Gasteiger partial charge in [0.15, 0.2) is 5.82 Å². The van der Waals surface area contributed by atoms with E-state index in [1.807, 2.05) is 13.0 Å². The zero-order chi connectivity index (χ0) is 28.8. The molecule has 14 heteroatoms. The van der Waals surface area contributed by atoms with Crippen LogP contribution in [0.25, 0.3) is 5.82 Å². The first-order valence-electron chi connectivity index (χ1n) is 13.1. The Hall–Kier alpha value is -4.56. The molecule has 1 aromatic carbocycles. The lowest BCUT2D eigenvalue weighted by Crippen LogP contribution is -2.39. The fraction of sp³-hybridized carbons (Fsp3) is 0.333. The van der Waals surface area contributed by atoms with E-state index in [2.05, 4.69) is 45.9 Å². The lowest BCUT2D eigenvalue weighted by molar-refractivity contribution is 0.0127. The van der Waals surface area contributed by atoms with Gasteiger partial charge in [0.05, 0.1) is 13.2 Å². The standard InChI is InChI=1S/C27H30F2N10O2/c1-18-3-4-20(36-25(40)19-5-6-30-22(13-19)27(2,28)29)14-21(18)37-26-34-17-35-39(26)24-15-23(32-16-33-24)31-7-8-38-9-11-41-12-10-38/h3-6,13-17H,7-12H2,1-2H3,(H,36,40)(H,31,32,33)(H,34,35,37). The van der Waals surface area contributed by atoms with Crippen LogP contribution in [0.2, 0.25) is 0 Å². The molecular formula is C27H30F2N10O2. The van der Waals surface area contributed by atoms with Gasteiger partial charge in [-0.1, -0.05) is 6.07 Å². The summed E-state index contributed by atoms with van der Waals surface area (Å²) in [6.07, 6.45) is 4.05. The maximum absolute atomic E-state index is 13.7. The Balaban J connectivity index is 1.27. The van der Waals surface area contributed by atoms with E-state index in [1.54, 1.807) is 22.9 Å². The highest BCUT2D eigenvalue weighted by Gasteiger charge is 2.27. The van der Waals surface area contributed by atoms with Crippen molar-refractivity contribution < 1.29 is 18.3 Å². The van der Waals surface area contributed by atoms with Crippen LogP contribution in [0.4, 0.5) is 31.9 Å². The van der Waals surface area contributed by atoms with Gasteiger partial charge in [-0.3, -0.25) is 14.7 Å². The third kappa shape index (κ3) is 7.15. The third-order valence-electron chi connectivity index (χ3n) is 6.47. The lowest BCUT2D eigenvalue weighted by Gasteiger charge is -2.26. The summed E-state index contributed by atoms with van der Waals surface area (Å²) in [5.41, 5.74) is 1.60. The van der Waals surface area contributed by atoms with Gasteiger partial charge in [-0.2, -0.15) is 23.5 Å². The van der Waals surface area contributed by atoms with E-state index in [0.29, 0.717) is 29.0 Å². The first-order valence-corrected chi connectivity index (χ1v) is 13.1. The first kappa shape index (κ1) is 28.0. The second-order valence-electron chi connectivity index (χ2n) is 9.56. The van der Waals surface area contributed by atoms with Crippen LogP contribution in [-0.2, 0) is 10.7 Å². The number of carbonyl (C=O) groups is 1. The number of halogens is 2. The number of pyridine rings is 1. The number of nitrogens with zero attached hydrogens (tertiary/aromatic N) is 7. The van der Waals surface area contributed by atoms with Gasteiger partial charge in [-0.05, 0) is 36.8 Å². The van der Waals surface area contributed by atoms with Crippen molar-refractivity contribution in [3.63, 3.8) is 0 Å². The fourth-order valence-corrected chi connectivity index (χ4v) is 4.19. The molecule has 5 rings (SSSR count). The van der Waals surface area contributed by atoms with Crippen LogP contribution in [0.1, 0.15) is 28.5 Å². The predicted molar refractivity (Wildman–Crippen MR) is 149 cm³/mol. The second-order valence-corrected chi connectivity index (χ2v) is 9.56. The number of aryl methyl sites for hydroxylation is 1. The summed E-state index contributed by atoms with van der Waals surface area (Å²) in [6, 6.07) is 9.51. The van der Waals surface area contributed by atoms with Gasteiger partial charge in [0, 0.05) is 62.3 Å². The number of hydrogen-bond donors (Lipinski definition) is 3. The van der Waals surface area contributed by atoms with Crippen LogP contribution in [0.15, 0.2) is 55.2 Å². The van der Waals surface area contributed by atoms with Crippen LogP contribution >= 0.6 is 0 Å². The number of alkyl halides is 2. The van der Waals surface area contributed by atoms with Crippen LogP contribution in [-0.4, -0.2) is 79.9 Å². The van der Waals surface area contributed by atoms with E-state index in [0.717, 1.165) is 57.9 Å². The number of morpholine rings is 1. The molecule has 0 spiro atoms. The van der Waals surface area contributed by atoms with E-state index in [1.165, 1.54) is 24.9 Å². The van der Waals surface area contributed by atoms with Gasteiger partial charge in [0.25, 0.3) is 11.8 Å². The average molecular weight is 565 g/mol. The average Bonchev–Trinajstić information content (AvgIpc) is 3.43. The minimum absolute atomic E-state index is 0.0736. The number of carbonyl (C=O) groups excluding carboxylic acids is 1. The molecule has 1 fully saturated rings. The van der Waals surface area contributed by atoms with Crippen molar-refractivity contribution in [2.24, 2.45) is 0 Å². The summed E-state index contributed by atoms with van der Waals surface area (Å²) in [7, 11) is 0. The van der Waals surface area contributed by atoms with E-state index in [-0.39, 0.29) is 5.56 Å². The molecule has 0 unspecified atom stereocenters. The molecule has 12 nitrogen and oxygen atoms in total. The summed E-state index contributed by atoms with van der Waals surface area (Å²) in [5, 5.41) is 13.6. The second kappa shape index (κ2) is 12.3. The lowest BCUT2D eigenvalue weighted by atomic mass is 10.1. The molecule has 41 heavy (non-hydrogen) atoms. The molecule has 0 saturated carbocycles. The van der Waals surface area contributed by atoms with Crippen LogP contribution in [0.3, 0.4) is 0 Å². The first-order chi connectivity index (χ1) is 19.8. The Kier molecular flexibility index (Phi) is 8.40. The van der Waals surface area contributed by atoms with E-state index >= 15 is 0 Å². The SMILES string of the molecule is Cc1ccc(NC(=O)c2ccnc(C(C)(F)F)c2)cc1Nc1ncnn1-c1cc(NCCN2CCOCC2)ncn1. The predicted octanol–water partition coefficient (Wildman–Crippen LogP) is 3.61. The minimum Gasteiger partial charge on any atom is -0.379 e. The zero-order valence-electron chi connectivity index (χ0n) is 22.6. The van der Waals surface area contributed by atoms with Gasteiger partial charge in [0.1, 0.15) is 24.2 Å². The number of nitrogens with one attached hydrogen (secondary N) is 3. The number of benzene rings is 1. The van der Waals surface area contributed by atoms with Crippen molar-refractivity contribution in [2.75, 3.05) is 55.3 Å². The normalized spacial score (nSPS) is 14.0. The van der Waals surface area contributed by atoms with Crippen molar-refractivity contribution in [2.45, 2.75) is 19.8 Å². The molecule has 0 atom stereocenters. The third-order valence-corrected chi connectivity index (χ3v) is 6.47. The molecule has 214 valence electrons. The molecule has 1 saturated heterocycles. The molecule has 0 aliphatic carbocycles. The Morgan fingerprint density at radius 3 is 2.68 bits per heavy atom. The number of rotatable bonds is 10. The van der Waals surface area contributed by atoms with Crippen LogP contribution in [0.5, 0.6) is 0 Å². The zero-order valence-corrected chi connectivity index (χ0v) is 22.6. The molecule has 1 amide bonds. The van der Waals surface area contributed by atoms with Crippen molar-refractivity contribution >= 4 is 29.0 Å². The van der Waals surface area contributed by atoms with Gasteiger partial charge >= 0.3 is 0 Å². The van der Waals surface area contributed by atoms with E-state index < -0.39 is 17.5 Å². The number of aromatic nitrogens is 6. The minimum atomic E-state index is -3.16. The monoisotopic (exact) mass is 564 g/mol. The van der Waals surface area contributed by atoms with Gasteiger partial charge < -0.3 is 20.7 Å². The summed E-state index contributed by atoms with van der Waals surface area (Å²) in [4.78, 5) is 31.8. The van der Waals surface area contributed by atoms with Gasteiger partial charge in [0.2, 0.25) is 5.95 Å². The largest absolute Gasteiger partial charge is 0.379 e. The van der Waals surface area contributed by atoms with Gasteiger partial charge in [-0.15, -0.1) is 0 Å². The Labute approximate surface area is 235 Å². The summed E-state index contributed by atoms with van der Waals surface area (Å²) in [6.45, 7) is 7.56. The highest BCUT2D eigenvalue weighted by Crippen LogP contribution is 2.27. The molecular weight excluding hydrogens is 534 g/mol. The molecule has 0 bridgehead atoms. The fourth-order valence-electron chi connectivity index (χ4n) is 4.19. The smallest absolute Gasteiger partial charge is 0.286 e.